The number of benzene rings is 3. The number of carbonyl (C=O) groups excluding carboxylic acids is 3. The van der Waals surface area contributed by atoms with Gasteiger partial charge in [-0.15, -0.1) is 0 Å². The Morgan fingerprint density at radius 2 is 1.50 bits per heavy atom. The average Bonchev–Trinajstić information content (AvgIpc) is 2.94. The average molecular weight is 511 g/mol. The number of amides is 2. The normalized spacial score (nSPS) is 15.3. The molecule has 196 valence electrons. The molecule has 2 amide bonds. The second kappa shape index (κ2) is 12.9. The number of nitrogens with one attached hydrogen (secondary N) is 1. The van der Waals surface area contributed by atoms with Gasteiger partial charge in [0.05, 0.1) is 0 Å². The molecule has 7 nitrogen and oxygen atoms in total. The maximum atomic E-state index is 13.2. The van der Waals surface area contributed by atoms with Crippen molar-refractivity contribution in [2.45, 2.75) is 19.0 Å². The Labute approximate surface area is 223 Å². The van der Waals surface area contributed by atoms with Crippen molar-refractivity contribution in [2.24, 2.45) is 5.73 Å². The number of likely N-dealkylation sites (N-methyl/N-ethyl adjacent to an activating group) is 1. The van der Waals surface area contributed by atoms with Gasteiger partial charge in [-0.2, -0.15) is 0 Å². The lowest BCUT2D eigenvalue weighted by Gasteiger charge is -2.32. The minimum atomic E-state index is -1.07. The summed E-state index contributed by atoms with van der Waals surface area (Å²) in [7, 11) is 2.16. The van der Waals surface area contributed by atoms with E-state index in [1.807, 2.05) is 54.6 Å². The zero-order valence-electron chi connectivity index (χ0n) is 21.7. The number of hydrogen-bond donors (Lipinski definition) is 2. The van der Waals surface area contributed by atoms with Crippen LogP contribution < -0.4 is 11.1 Å². The molecule has 3 aromatic carbocycles. The first-order valence-corrected chi connectivity index (χ1v) is 12.8. The van der Waals surface area contributed by atoms with Gasteiger partial charge in [0.2, 0.25) is 5.78 Å². The first-order chi connectivity index (χ1) is 18.4. The Morgan fingerprint density at radius 1 is 0.842 bits per heavy atom. The number of piperazine rings is 1. The highest BCUT2D eigenvalue weighted by Crippen LogP contribution is 2.16. The molecule has 4 rings (SSSR count). The molecule has 1 fully saturated rings. The van der Waals surface area contributed by atoms with Crippen molar-refractivity contribution in [2.75, 3.05) is 33.2 Å². The smallest absolute Gasteiger partial charge is 0.287 e. The highest BCUT2D eigenvalue weighted by atomic mass is 16.2. The topological polar surface area (TPSA) is 95.7 Å². The third-order valence-corrected chi connectivity index (χ3v) is 6.79. The molecule has 1 saturated heterocycles. The Hall–Kier alpha value is -4.07. The lowest BCUT2D eigenvalue weighted by Crippen LogP contribution is -2.47. The van der Waals surface area contributed by atoms with Crippen molar-refractivity contribution in [3.63, 3.8) is 0 Å². The summed E-state index contributed by atoms with van der Waals surface area (Å²) >= 11 is 0. The minimum absolute atomic E-state index is 0.173. The first kappa shape index (κ1) is 27.0. The summed E-state index contributed by atoms with van der Waals surface area (Å²) in [6, 6.07) is 23.7. The van der Waals surface area contributed by atoms with Gasteiger partial charge in [-0.05, 0) is 35.4 Å². The van der Waals surface area contributed by atoms with E-state index in [4.69, 9.17) is 5.73 Å². The fourth-order valence-corrected chi connectivity index (χ4v) is 4.50. The molecule has 0 saturated carbocycles. The number of ketones is 1. The molecule has 1 atom stereocenters. The third-order valence-electron chi connectivity index (χ3n) is 6.79. The lowest BCUT2D eigenvalue weighted by molar-refractivity contribution is -0.137. The first-order valence-electron chi connectivity index (χ1n) is 12.8. The maximum Gasteiger partial charge on any atom is 0.287 e. The Kier molecular flexibility index (Phi) is 9.19. The van der Waals surface area contributed by atoms with Crippen LogP contribution in [0.5, 0.6) is 0 Å². The van der Waals surface area contributed by atoms with Crippen LogP contribution in [0.3, 0.4) is 0 Å². The van der Waals surface area contributed by atoms with Crippen LogP contribution in [0.25, 0.3) is 12.2 Å². The molecule has 1 aliphatic rings. The van der Waals surface area contributed by atoms with Gasteiger partial charge >= 0.3 is 0 Å². The van der Waals surface area contributed by atoms with E-state index in [0.717, 1.165) is 43.9 Å². The summed E-state index contributed by atoms with van der Waals surface area (Å²) in [5, 5.41) is 2.72. The number of hydrogen-bond acceptors (Lipinski definition) is 5. The summed E-state index contributed by atoms with van der Waals surface area (Å²) in [5.74, 6) is -2.34. The highest BCUT2D eigenvalue weighted by Gasteiger charge is 2.26. The van der Waals surface area contributed by atoms with Gasteiger partial charge in [-0.3, -0.25) is 19.3 Å². The van der Waals surface area contributed by atoms with Crippen LogP contribution in [0, 0.1) is 0 Å². The van der Waals surface area contributed by atoms with E-state index >= 15 is 0 Å². The molecule has 0 radical (unpaired) electrons. The molecule has 7 heteroatoms. The quantitative estimate of drug-likeness (QED) is 0.323. The van der Waals surface area contributed by atoms with E-state index in [2.05, 4.69) is 46.4 Å². The van der Waals surface area contributed by atoms with Crippen LogP contribution in [-0.4, -0.2) is 66.7 Å². The monoisotopic (exact) mass is 510 g/mol. The molecule has 3 N–H and O–H groups in total. The SMILES string of the molecule is CN1CCN(Cc2ccc(C=Cc3ccccc3C(=O)NC(Cc3ccccc3)C(=O)C(N)=O)cc2)CC1. The fourth-order valence-electron chi connectivity index (χ4n) is 4.50. The maximum absolute atomic E-state index is 13.2. The van der Waals surface area contributed by atoms with Crippen LogP contribution in [0.15, 0.2) is 78.9 Å². The lowest BCUT2D eigenvalue weighted by atomic mass is 10.00. The van der Waals surface area contributed by atoms with Gasteiger partial charge in [0, 0.05) is 44.7 Å². The Morgan fingerprint density at radius 3 is 2.18 bits per heavy atom. The van der Waals surface area contributed by atoms with E-state index in [1.165, 1.54) is 5.56 Å². The van der Waals surface area contributed by atoms with Crippen molar-refractivity contribution in [3.8, 4) is 0 Å². The van der Waals surface area contributed by atoms with E-state index < -0.39 is 23.6 Å². The second-order valence-corrected chi connectivity index (χ2v) is 9.69. The van der Waals surface area contributed by atoms with Crippen molar-refractivity contribution >= 4 is 29.7 Å². The molecular formula is C31H34N4O3. The predicted octanol–water partition coefficient (Wildman–Crippen LogP) is 3.00. The summed E-state index contributed by atoms with van der Waals surface area (Å²) in [6.45, 7) is 5.28. The van der Waals surface area contributed by atoms with E-state index in [9.17, 15) is 14.4 Å². The summed E-state index contributed by atoms with van der Waals surface area (Å²) in [5.41, 5.74) is 9.48. The zero-order valence-corrected chi connectivity index (χ0v) is 21.7. The van der Waals surface area contributed by atoms with Crippen molar-refractivity contribution in [3.05, 3.63) is 107 Å². The Bertz CT molecular complexity index is 1280. The summed E-state index contributed by atoms with van der Waals surface area (Å²) < 4.78 is 0. The summed E-state index contributed by atoms with van der Waals surface area (Å²) in [4.78, 5) is 42.1. The molecule has 0 spiro atoms. The number of primary amides is 1. The number of carbonyl (C=O) groups is 3. The predicted molar refractivity (Wildman–Crippen MR) is 150 cm³/mol. The van der Waals surface area contributed by atoms with Crippen molar-refractivity contribution < 1.29 is 14.4 Å². The van der Waals surface area contributed by atoms with Gasteiger partial charge in [-0.1, -0.05) is 84.9 Å². The molecule has 0 aromatic heterocycles. The number of Topliss-reactive ketones (excluding diaryl/α,β-unsaturated/α-hetero) is 1. The minimum Gasteiger partial charge on any atom is -0.363 e. The molecule has 1 heterocycles. The van der Waals surface area contributed by atoms with E-state index in [0.29, 0.717) is 11.1 Å². The number of rotatable bonds is 10. The fraction of sp³-hybridized carbons (Fsp3) is 0.258. The largest absolute Gasteiger partial charge is 0.363 e. The number of nitrogens with two attached hydrogens (primary N) is 1. The second-order valence-electron chi connectivity index (χ2n) is 9.69. The number of nitrogens with zero attached hydrogens (tertiary/aromatic N) is 2. The highest BCUT2D eigenvalue weighted by molar-refractivity contribution is 6.38. The van der Waals surface area contributed by atoms with Crippen molar-refractivity contribution in [1.29, 1.82) is 0 Å². The molecule has 0 bridgehead atoms. The van der Waals surface area contributed by atoms with E-state index in [-0.39, 0.29) is 6.42 Å². The molecule has 1 unspecified atom stereocenters. The van der Waals surface area contributed by atoms with Gasteiger partial charge < -0.3 is 16.0 Å². The molecule has 1 aliphatic heterocycles. The molecule has 3 aromatic rings. The third kappa shape index (κ3) is 7.47. The zero-order chi connectivity index (χ0) is 26.9. The van der Waals surface area contributed by atoms with Crippen LogP contribution in [-0.2, 0) is 22.6 Å². The molecule has 0 aliphatic carbocycles. The standard InChI is InChI=1S/C31H34N4O3/c1-34-17-19-35(20-18-34)22-25-13-11-23(12-14-25)15-16-26-9-5-6-10-27(26)31(38)33-28(29(36)30(32)37)21-24-7-3-2-4-8-24/h2-16,28H,17-22H2,1H3,(H2,32,37)(H,33,38). The van der Waals surface area contributed by atoms with Crippen molar-refractivity contribution in [1.82, 2.24) is 15.1 Å². The molecule has 38 heavy (non-hydrogen) atoms. The van der Waals surface area contributed by atoms with Crippen LogP contribution in [0.1, 0.15) is 32.6 Å². The van der Waals surface area contributed by atoms with Crippen LogP contribution >= 0.6 is 0 Å². The van der Waals surface area contributed by atoms with Crippen LogP contribution in [0.2, 0.25) is 0 Å². The van der Waals surface area contributed by atoms with E-state index in [1.54, 1.807) is 12.1 Å². The summed E-state index contributed by atoms with van der Waals surface area (Å²) in [6.07, 6.45) is 4.01. The van der Waals surface area contributed by atoms with Crippen LogP contribution in [0.4, 0.5) is 0 Å². The van der Waals surface area contributed by atoms with Gasteiger partial charge in [0.1, 0.15) is 6.04 Å². The molecular weight excluding hydrogens is 476 g/mol. The Balaban J connectivity index is 1.44. The van der Waals surface area contributed by atoms with Gasteiger partial charge in [0.25, 0.3) is 11.8 Å². The van der Waals surface area contributed by atoms with Gasteiger partial charge in [-0.25, -0.2) is 0 Å². The van der Waals surface area contributed by atoms with Gasteiger partial charge in [0.15, 0.2) is 0 Å².